The molecule has 1 N–H and O–H groups in total. The van der Waals surface area contributed by atoms with Gasteiger partial charge < -0.3 is 5.32 Å². The minimum atomic E-state index is -0.579. The molecule has 1 aromatic heterocycles. The molecular weight excluding hydrogens is 390 g/mol. The highest BCUT2D eigenvalue weighted by Crippen LogP contribution is 2.20. The van der Waals surface area contributed by atoms with Crippen LogP contribution in [0, 0.1) is 18.6 Å². The summed E-state index contributed by atoms with van der Waals surface area (Å²) in [5.41, 5.74) is 1.04. The van der Waals surface area contributed by atoms with Crippen molar-refractivity contribution in [3.63, 3.8) is 0 Å². The van der Waals surface area contributed by atoms with E-state index < -0.39 is 29.3 Å². The van der Waals surface area contributed by atoms with Crippen molar-refractivity contribution < 1.29 is 13.6 Å². The lowest BCUT2D eigenvalue weighted by molar-refractivity contribution is -0.122. The highest BCUT2D eigenvalue weighted by Gasteiger charge is 2.15. The SMILES string of the molecule is Cc1cc(F)ccc1-n1cnn(CC(=O)N[C@@H](C)c2ccc(Cl)c(F)c2)c1=O. The van der Waals surface area contributed by atoms with Gasteiger partial charge in [0.15, 0.2) is 0 Å². The Bertz CT molecular complexity index is 1090. The summed E-state index contributed by atoms with van der Waals surface area (Å²) in [4.78, 5) is 24.8. The number of rotatable bonds is 5. The van der Waals surface area contributed by atoms with Gasteiger partial charge in [-0.1, -0.05) is 17.7 Å². The van der Waals surface area contributed by atoms with E-state index in [-0.39, 0.29) is 11.6 Å². The number of hydrogen-bond acceptors (Lipinski definition) is 3. The van der Waals surface area contributed by atoms with Crippen molar-refractivity contribution in [3.8, 4) is 5.69 Å². The van der Waals surface area contributed by atoms with Crippen LogP contribution in [0.5, 0.6) is 0 Å². The van der Waals surface area contributed by atoms with Gasteiger partial charge in [0.1, 0.15) is 24.5 Å². The maximum absolute atomic E-state index is 13.6. The molecule has 3 rings (SSSR count). The third-order valence-corrected chi connectivity index (χ3v) is 4.57. The molecule has 0 aliphatic rings. The number of aromatic nitrogens is 3. The predicted octanol–water partition coefficient (Wildman–Crippen LogP) is 3.15. The number of aryl methyl sites for hydroxylation is 1. The molecule has 1 amide bonds. The average molecular weight is 407 g/mol. The third-order valence-electron chi connectivity index (χ3n) is 4.27. The van der Waals surface area contributed by atoms with Gasteiger partial charge in [-0.05, 0) is 55.3 Å². The van der Waals surface area contributed by atoms with Crippen LogP contribution in [0.15, 0.2) is 47.5 Å². The molecule has 146 valence electrons. The number of carbonyl (C=O) groups is 1. The van der Waals surface area contributed by atoms with Crippen LogP contribution < -0.4 is 11.0 Å². The van der Waals surface area contributed by atoms with Crippen molar-refractivity contribution in [2.24, 2.45) is 0 Å². The number of benzene rings is 2. The zero-order chi connectivity index (χ0) is 20.4. The Morgan fingerprint density at radius 3 is 2.68 bits per heavy atom. The number of halogens is 3. The molecule has 2 aromatic carbocycles. The summed E-state index contributed by atoms with van der Waals surface area (Å²) >= 11 is 5.66. The normalized spacial score (nSPS) is 12.0. The molecule has 0 unspecified atom stereocenters. The molecular formula is C19H17ClF2N4O2. The van der Waals surface area contributed by atoms with Gasteiger partial charge in [0, 0.05) is 0 Å². The topological polar surface area (TPSA) is 68.9 Å². The highest BCUT2D eigenvalue weighted by atomic mass is 35.5. The Morgan fingerprint density at radius 1 is 1.25 bits per heavy atom. The van der Waals surface area contributed by atoms with Crippen molar-refractivity contribution in [1.29, 1.82) is 0 Å². The average Bonchev–Trinajstić information content (AvgIpc) is 2.97. The molecule has 0 aliphatic heterocycles. The zero-order valence-corrected chi connectivity index (χ0v) is 15.9. The minimum absolute atomic E-state index is 0.00421. The first-order valence-corrected chi connectivity index (χ1v) is 8.79. The van der Waals surface area contributed by atoms with Gasteiger partial charge in [-0.15, -0.1) is 0 Å². The van der Waals surface area contributed by atoms with E-state index in [0.29, 0.717) is 16.8 Å². The monoisotopic (exact) mass is 406 g/mol. The standard InChI is InChI=1S/C19H17ClF2N4O2/c1-11-7-14(21)4-6-17(11)25-10-23-26(19(25)28)9-18(27)24-12(2)13-3-5-15(20)16(22)8-13/h3-8,10,12H,9H2,1-2H3,(H,24,27)/t12-/m0/s1. The van der Waals surface area contributed by atoms with Crippen LogP contribution in [0.3, 0.4) is 0 Å². The van der Waals surface area contributed by atoms with Crippen molar-refractivity contribution in [2.45, 2.75) is 26.4 Å². The fraction of sp³-hybridized carbons (Fsp3) is 0.211. The van der Waals surface area contributed by atoms with E-state index in [1.54, 1.807) is 19.9 Å². The zero-order valence-electron chi connectivity index (χ0n) is 15.1. The Hall–Kier alpha value is -3.00. The largest absolute Gasteiger partial charge is 0.350 e. The van der Waals surface area contributed by atoms with E-state index in [9.17, 15) is 18.4 Å². The number of hydrogen-bond donors (Lipinski definition) is 1. The van der Waals surface area contributed by atoms with Crippen LogP contribution in [-0.4, -0.2) is 20.3 Å². The predicted molar refractivity (Wildman–Crippen MR) is 100 cm³/mol. The summed E-state index contributed by atoms with van der Waals surface area (Å²) in [6, 6.07) is 7.78. The van der Waals surface area contributed by atoms with Crippen LogP contribution in [0.25, 0.3) is 5.69 Å². The Labute approximate surface area is 164 Å². The van der Waals surface area contributed by atoms with E-state index in [1.165, 1.54) is 41.2 Å². The molecule has 0 spiro atoms. The fourth-order valence-electron chi connectivity index (χ4n) is 2.79. The smallest absolute Gasteiger partial charge is 0.348 e. The van der Waals surface area contributed by atoms with Crippen LogP contribution in [0.1, 0.15) is 24.1 Å². The maximum atomic E-state index is 13.6. The summed E-state index contributed by atoms with van der Waals surface area (Å²) in [6.45, 7) is 3.04. The van der Waals surface area contributed by atoms with Crippen LogP contribution in [0.4, 0.5) is 8.78 Å². The number of nitrogens with zero attached hydrogens (tertiary/aromatic N) is 3. The Morgan fingerprint density at radius 2 is 2.00 bits per heavy atom. The molecule has 0 saturated heterocycles. The van der Waals surface area contributed by atoms with Gasteiger partial charge in [-0.25, -0.2) is 22.8 Å². The Kier molecular flexibility index (Phi) is 5.60. The van der Waals surface area contributed by atoms with E-state index >= 15 is 0 Å². The molecule has 0 saturated carbocycles. The van der Waals surface area contributed by atoms with Gasteiger partial charge in [-0.3, -0.25) is 4.79 Å². The highest BCUT2D eigenvalue weighted by molar-refractivity contribution is 6.30. The number of nitrogens with one attached hydrogen (secondary N) is 1. The molecule has 0 radical (unpaired) electrons. The van der Waals surface area contributed by atoms with E-state index in [2.05, 4.69) is 10.4 Å². The van der Waals surface area contributed by atoms with Gasteiger partial charge >= 0.3 is 5.69 Å². The Balaban J connectivity index is 1.73. The second kappa shape index (κ2) is 7.93. The summed E-state index contributed by atoms with van der Waals surface area (Å²) < 4.78 is 29.1. The van der Waals surface area contributed by atoms with Crippen LogP contribution in [-0.2, 0) is 11.3 Å². The fourth-order valence-corrected chi connectivity index (χ4v) is 2.91. The van der Waals surface area contributed by atoms with Crippen molar-refractivity contribution in [3.05, 3.63) is 81.0 Å². The molecule has 6 nitrogen and oxygen atoms in total. The van der Waals surface area contributed by atoms with Gasteiger partial charge in [0.05, 0.1) is 16.8 Å². The molecule has 0 aliphatic carbocycles. The first kappa shape index (κ1) is 19.8. The molecule has 28 heavy (non-hydrogen) atoms. The number of carbonyl (C=O) groups excluding carboxylic acids is 1. The summed E-state index contributed by atoms with van der Waals surface area (Å²) in [5, 5.41) is 6.61. The summed E-state index contributed by atoms with van der Waals surface area (Å²) in [7, 11) is 0. The minimum Gasteiger partial charge on any atom is -0.348 e. The molecule has 3 aromatic rings. The van der Waals surface area contributed by atoms with Crippen molar-refractivity contribution in [2.75, 3.05) is 0 Å². The summed E-state index contributed by atoms with van der Waals surface area (Å²) in [5.74, 6) is -1.45. The lowest BCUT2D eigenvalue weighted by atomic mass is 10.1. The summed E-state index contributed by atoms with van der Waals surface area (Å²) in [6.07, 6.45) is 1.27. The molecule has 0 bridgehead atoms. The van der Waals surface area contributed by atoms with Crippen molar-refractivity contribution >= 4 is 17.5 Å². The van der Waals surface area contributed by atoms with E-state index in [0.717, 1.165) is 4.68 Å². The molecule has 1 heterocycles. The third kappa shape index (κ3) is 4.12. The number of amides is 1. The maximum Gasteiger partial charge on any atom is 0.350 e. The van der Waals surface area contributed by atoms with Gasteiger partial charge in [0.25, 0.3) is 0 Å². The lowest BCUT2D eigenvalue weighted by Gasteiger charge is -2.14. The van der Waals surface area contributed by atoms with Gasteiger partial charge in [-0.2, -0.15) is 5.10 Å². The van der Waals surface area contributed by atoms with E-state index in [4.69, 9.17) is 11.6 Å². The van der Waals surface area contributed by atoms with Crippen LogP contribution in [0.2, 0.25) is 5.02 Å². The van der Waals surface area contributed by atoms with Gasteiger partial charge in [0.2, 0.25) is 5.91 Å². The second-order valence-electron chi connectivity index (χ2n) is 6.33. The van der Waals surface area contributed by atoms with Crippen LogP contribution >= 0.6 is 11.6 Å². The first-order chi connectivity index (χ1) is 13.3. The second-order valence-corrected chi connectivity index (χ2v) is 6.74. The quantitative estimate of drug-likeness (QED) is 0.707. The van der Waals surface area contributed by atoms with Crippen molar-refractivity contribution in [1.82, 2.24) is 19.7 Å². The lowest BCUT2D eigenvalue weighted by Crippen LogP contribution is -2.34. The molecule has 1 atom stereocenters. The molecule has 0 fully saturated rings. The van der Waals surface area contributed by atoms with E-state index in [1.807, 2.05) is 0 Å². The first-order valence-electron chi connectivity index (χ1n) is 8.41. The molecule has 9 heteroatoms.